The number of rotatable bonds is 2. The van der Waals surface area contributed by atoms with Crippen molar-refractivity contribution in [1.82, 2.24) is 0 Å². The number of hydrogen-bond acceptors (Lipinski definition) is 4. The van der Waals surface area contributed by atoms with Gasteiger partial charge in [-0.3, -0.25) is 4.79 Å². The number of para-hydroxylation sites is 2. The van der Waals surface area contributed by atoms with E-state index in [0.717, 1.165) is 0 Å². The number of hydrogen-bond donors (Lipinski definition) is 0. The van der Waals surface area contributed by atoms with Crippen molar-refractivity contribution in [3.8, 4) is 5.75 Å². The molecule has 5 heteroatoms. The van der Waals surface area contributed by atoms with Crippen LogP contribution >= 0.6 is 0 Å². The van der Waals surface area contributed by atoms with Gasteiger partial charge < -0.3 is 14.4 Å². The minimum absolute atomic E-state index is 0.0605. The molecule has 96 valence electrons. The van der Waals surface area contributed by atoms with Gasteiger partial charge in [0, 0.05) is 6.04 Å². The Kier molecular flexibility index (Phi) is 3.23. The van der Waals surface area contributed by atoms with Crippen LogP contribution in [0.2, 0.25) is 0 Å². The number of carbonyl (C=O) groups excluding carboxylic acids is 2. The smallest absolute Gasteiger partial charge is 0.357 e. The molecule has 1 aliphatic rings. The third kappa shape index (κ3) is 1.92. The van der Waals surface area contributed by atoms with Gasteiger partial charge >= 0.3 is 5.97 Å². The van der Waals surface area contributed by atoms with Crippen LogP contribution in [0.25, 0.3) is 0 Å². The third-order valence-electron chi connectivity index (χ3n) is 2.76. The van der Waals surface area contributed by atoms with E-state index in [1.807, 2.05) is 19.9 Å². The van der Waals surface area contributed by atoms with Gasteiger partial charge in [-0.25, -0.2) is 4.79 Å². The zero-order valence-corrected chi connectivity index (χ0v) is 10.5. The second kappa shape index (κ2) is 4.68. The first-order chi connectivity index (χ1) is 8.56. The largest absolute Gasteiger partial charge is 0.466 e. The van der Waals surface area contributed by atoms with Crippen LogP contribution in [0.3, 0.4) is 0 Å². The molecule has 0 radical (unpaired) electrons. The predicted octanol–water partition coefficient (Wildman–Crippen LogP) is 1.36. The standard InChI is InChI=1S/C13H15NO4/c1-8(2)14-9-6-4-5-7-10(9)18-11(12(14)15)13(16)17-3/h4-8,11H,1-3H3. The summed E-state index contributed by atoms with van der Waals surface area (Å²) >= 11 is 0. The fourth-order valence-corrected chi connectivity index (χ4v) is 1.97. The second-order valence-electron chi connectivity index (χ2n) is 4.29. The maximum absolute atomic E-state index is 12.2. The molecule has 2 rings (SSSR count). The quantitative estimate of drug-likeness (QED) is 0.586. The first-order valence-corrected chi connectivity index (χ1v) is 5.73. The molecule has 18 heavy (non-hydrogen) atoms. The molecule has 0 saturated carbocycles. The number of ether oxygens (including phenoxy) is 2. The molecule has 1 heterocycles. The molecule has 0 N–H and O–H groups in total. The van der Waals surface area contributed by atoms with Crippen LogP contribution in [0.5, 0.6) is 5.75 Å². The van der Waals surface area contributed by atoms with E-state index in [9.17, 15) is 9.59 Å². The lowest BCUT2D eigenvalue weighted by Gasteiger charge is -2.35. The molecule has 0 aromatic heterocycles. The predicted molar refractivity (Wildman–Crippen MR) is 65.5 cm³/mol. The number of carbonyl (C=O) groups is 2. The van der Waals surface area contributed by atoms with Gasteiger partial charge in [-0.05, 0) is 26.0 Å². The minimum atomic E-state index is -1.22. The zero-order chi connectivity index (χ0) is 13.3. The van der Waals surface area contributed by atoms with E-state index in [1.54, 1.807) is 23.1 Å². The second-order valence-corrected chi connectivity index (χ2v) is 4.29. The normalized spacial score (nSPS) is 18.3. The van der Waals surface area contributed by atoms with Crippen LogP contribution in [0.4, 0.5) is 5.69 Å². The van der Waals surface area contributed by atoms with Crippen molar-refractivity contribution in [1.29, 1.82) is 0 Å². The van der Waals surface area contributed by atoms with Gasteiger partial charge in [0.05, 0.1) is 12.8 Å². The Hall–Kier alpha value is -2.04. The average Bonchev–Trinajstić information content (AvgIpc) is 2.36. The highest BCUT2D eigenvalue weighted by atomic mass is 16.6. The maximum Gasteiger partial charge on any atom is 0.357 e. The summed E-state index contributed by atoms with van der Waals surface area (Å²) in [6, 6.07) is 7.08. The minimum Gasteiger partial charge on any atom is -0.466 e. The van der Waals surface area contributed by atoms with Gasteiger partial charge in [0.2, 0.25) is 0 Å². The number of amides is 1. The molecule has 5 nitrogen and oxygen atoms in total. The van der Waals surface area contributed by atoms with Crippen molar-refractivity contribution in [3.63, 3.8) is 0 Å². The van der Waals surface area contributed by atoms with Crippen molar-refractivity contribution in [3.05, 3.63) is 24.3 Å². The Morgan fingerprint density at radius 1 is 1.39 bits per heavy atom. The van der Waals surface area contributed by atoms with Gasteiger partial charge in [-0.15, -0.1) is 0 Å². The molecular formula is C13H15NO4. The maximum atomic E-state index is 12.2. The van der Waals surface area contributed by atoms with Crippen molar-refractivity contribution >= 4 is 17.6 Å². The van der Waals surface area contributed by atoms with Gasteiger partial charge in [-0.1, -0.05) is 12.1 Å². The summed E-state index contributed by atoms with van der Waals surface area (Å²) in [5.74, 6) is -0.558. The lowest BCUT2D eigenvalue weighted by Crippen LogP contribution is -2.52. The van der Waals surface area contributed by atoms with Crippen molar-refractivity contribution < 1.29 is 19.1 Å². The molecule has 0 saturated heterocycles. The number of benzene rings is 1. The van der Waals surface area contributed by atoms with Crippen LogP contribution in [-0.2, 0) is 14.3 Å². The fraction of sp³-hybridized carbons (Fsp3) is 0.385. The molecule has 1 amide bonds. The lowest BCUT2D eigenvalue weighted by atomic mass is 10.1. The van der Waals surface area contributed by atoms with E-state index in [0.29, 0.717) is 11.4 Å². The highest BCUT2D eigenvalue weighted by Gasteiger charge is 2.40. The Morgan fingerprint density at radius 2 is 2.06 bits per heavy atom. The van der Waals surface area contributed by atoms with Gasteiger partial charge in [0.1, 0.15) is 5.75 Å². The summed E-state index contributed by atoms with van der Waals surface area (Å²) in [4.78, 5) is 25.3. The van der Waals surface area contributed by atoms with Crippen LogP contribution in [-0.4, -0.2) is 31.1 Å². The van der Waals surface area contributed by atoms with E-state index in [4.69, 9.17) is 4.74 Å². The molecular weight excluding hydrogens is 234 g/mol. The Bertz CT molecular complexity index is 484. The van der Waals surface area contributed by atoms with Gasteiger partial charge in [0.25, 0.3) is 12.0 Å². The molecule has 0 aliphatic carbocycles. The van der Waals surface area contributed by atoms with Crippen LogP contribution in [0.1, 0.15) is 13.8 Å². The average molecular weight is 249 g/mol. The summed E-state index contributed by atoms with van der Waals surface area (Å²) in [5.41, 5.74) is 0.678. The van der Waals surface area contributed by atoms with Crippen molar-refractivity contribution in [2.24, 2.45) is 0 Å². The van der Waals surface area contributed by atoms with Crippen LogP contribution in [0, 0.1) is 0 Å². The number of esters is 1. The van der Waals surface area contributed by atoms with E-state index in [1.165, 1.54) is 7.11 Å². The summed E-state index contributed by atoms with van der Waals surface area (Å²) in [6.07, 6.45) is -1.22. The molecule has 1 unspecified atom stereocenters. The van der Waals surface area contributed by atoms with Crippen LogP contribution < -0.4 is 9.64 Å². The molecule has 1 aromatic carbocycles. The summed E-state index contributed by atoms with van der Waals surface area (Å²) < 4.78 is 10.0. The van der Waals surface area contributed by atoms with E-state index < -0.39 is 18.0 Å². The summed E-state index contributed by atoms with van der Waals surface area (Å²) in [6.45, 7) is 3.77. The van der Waals surface area contributed by atoms with E-state index in [-0.39, 0.29) is 6.04 Å². The highest BCUT2D eigenvalue weighted by molar-refractivity contribution is 6.11. The molecule has 0 bridgehead atoms. The van der Waals surface area contributed by atoms with Gasteiger partial charge in [0.15, 0.2) is 0 Å². The summed E-state index contributed by atoms with van der Waals surface area (Å²) in [7, 11) is 1.24. The lowest BCUT2D eigenvalue weighted by molar-refractivity contribution is -0.154. The fourth-order valence-electron chi connectivity index (χ4n) is 1.97. The highest BCUT2D eigenvalue weighted by Crippen LogP contribution is 2.35. The summed E-state index contributed by atoms with van der Waals surface area (Å²) in [5, 5.41) is 0. The number of fused-ring (bicyclic) bond motifs is 1. The molecule has 1 atom stereocenters. The van der Waals surface area contributed by atoms with Crippen molar-refractivity contribution in [2.75, 3.05) is 12.0 Å². The van der Waals surface area contributed by atoms with E-state index >= 15 is 0 Å². The van der Waals surface area contributed by atoms with Crippen molar-refractivity contribution in [2.45, 2.75) is 26.0 Å². The first-order valence-electron chi connectivity index (χ1n) is 5.73. The molecule has 0 spiro atoms. The van der Waals surface area contributed by atoms with Crippen LogP contribution in [0.15, 0.2) is 24.3 Å². The Balaban J connectivity index is 2.46. The number of anilines is 1. The molecule has 1 aromatic rings. The Labute approximate surface area is 105 Å². The Morgan fingerprint density at radius 3 is 2.67 bits per heavy atom. The third-order valence-corrected chi connectivity index (χ3v) is 2.76. The zero-order valence-electron chi connectivity index (χ0n) is 10.5. The number of methoxy groups -OCH3 is 1. The van der Waals surface area contributed by atoms with Gasteiger partial charge in [-0.2, -0.15) is 0 Å². The van der Waals surface area contributed by atoms with E-state index in [2.05, 4.69) is 4.74 Å². The number of nitrogens with zero attached hydrogens (tertiary/aromatic N) is 1. The molecule has 1 aliphatic heterocycles. The first kappa shape index (κ1) is 12.4. The topological polar surface area (TPSA) is 55.8 Å². The molecule has 0 fully saturated rings. The SMILES string of the molecule is COC(=O)C1Oc2ccccc2N(C(C)C)C1=O. The monoisotopic (exact) mass is 249 g/mol.